The normalized spacial score (nSPS) is 10.8. The summed E-state index contributed by atoms with van der Waals surface area (Å²) in [7, 11) is 0. The number of ether oxygens (including phenoxy) is 1. The first kappa shape index (κ1) is 15.2. The van der Waals surface area contributed by atoms with Crippen LogP contribution in [0, 0.1) is 6.92 Å². The van der Waals surface area contributed by atoms with Gasteiger partial charge in [0.15, 0.2) is 10.2 Å². The molecule has 0 aromatic carbocycles. The van der Waals surface area contributed by atoms with E-state index >= 15 is 0 Å². The summed E-state index contributed by atoms with van der Waals surface area (Å²) in [4.78, 5) is 13.4. The van der Waals surface area contributed by atoms with Crippen LogP contribution in [0.3, 0.4) is 0 Å². The number of anilines is 1. The van der Waals surface area contributed by atoms with E-state index in [1.807, 2.05) is 32.2 Å². The molecule has 0 bridgehead atoms. The standard InChI is InChI=1S/C13H18N4OS2/c1-4-14-10-6-12(17-11(16-10)7-18-5-2)20-13-15-9(3)8-19-13/h6,8H,4-5,7H2,1-3H3,(H,14,16,17). The van der Waals surface area contributed by atoms with Crippen molar-refractivity contribution in [2.75, 3.05) is 18.5 Å². The van der Waals surface area contributed by atoms with Gasteiger partial charge in [-0.1, -0.05) is 0 Å². The highest BCUT2D eigenvalue weighted by atomic mass is 32.2. The Balaban J connectivity index is 2.18. The fourth-order valence-electron chi connectivity index (χ4n) is 1.52. The second kappa shape index (κ2) is 7.56. The third kappa shape index (κ3) is 4.43. The van der Waals surface area contributed by atoms with Gasteiger partial charge in [0.2, 0.25) is 0 Å². The van der Waals surface area contributed by atoms with Crippen molar-refractivity contribution in [3.05, 3.63) is 23.0 Å². The van der Waals surface area contributed by atoms with Gasteiger partial charge in [-0.15, -0.1) is 11.3 Å². The summed E-state index contributed by atoms with van der Waals surface area (Å²) in [6.07, 6.45) is 0. The lowest BCUT2D eigenvalue weighted by molar-refractivity contribution is 0.128. The number of aromatic nitrogens is 3. The number of nitrogens with one attached hydrogen (secondary N) is 1. The van der Waals surface area contributed by atoms with Gasteiger partial charge in [-0.2, -0.15) is 0 Å². The molecule has 2 aromatic heterocycles. The number of aryl methyl sites for hydroxylation is 1. The third-order valence-corrected chi connectivity index (χ3v) is 4.31. The van der Waals surface area contributed by atoms with E-state index in [1.165, 1.54) is 0 Å². The Labute approximate surface area is 127 Å². The molecule has 0 aliphatic carbocycles. The zero-order valence-corrected chi connectivity index (χ0v) is 13.5. The molecule has 0 atom stereocenters. The van der Waals surface area contributed by atoms with Gasteiger partial charge in [0.1, 0.15) is 17.5 Å². The van der Waals surface area contributed by atoms with Crippen LogP contribution in [-0.4, -0.2) is 28.1 Å². The molecular formula is C13H18N4OS2. The second-order valence-corrected chi connectivity index (χ2v) is 6.16. The fraction of sp³-hybridized carbons (Fsp3) is 0.462. The molecular weight excluding hydrogens is 292 g/mol. The van der Waals surface area contributed by atoms with Gasteiger partial charge >= 0.3 is 0 Å². The van der Waals surface area contributed by atoms with E-state index in [4.69, 9.17) is 4.74 Å². The minimum atomic E-state index is 0.431. The van der Waals surface area contributed by atoms with Crippen LogP contribution in [0.2, 0.25) is 0 Å². The monoisotopic (exact) mass is 310 g/mol. The molecule has 1 N–H and O–H groups in total. The molecule has 2 heterocycles. The Kier molecular flexibility index (Phi) is 5.75. The highest BCUT2D eigenvalue weighted by Gasteiger charge is 2.08. The summed E-state index contributed by atoms with van der Waals surface area (Å²) in [5, 5.41) is 6.15. The Morgan fingerprint density at radius 1 is 1.30 bits per heavy atom. The van der Waals surface area contributed by atoms with Gasteiger partial charge in [-0.05, 0) is 32.5 Å². The van der Waals surface area contributed by atoms with Crippen LogP contribution < -0.4 is 5.32 Å². The van der Waals surface area contributed by atoms with Crippen LogP contribution in [0.25, 0.3) is 0 Å². The molecule has 2 rings (SSSR count). The van der Waals surface area contributed by atoms with Gasteiger partial charge in [0.05, 0.1) is 0 Å². The van der Waals surface area contributed by atoms with Crippen LogP contribution in [0.5, 0.6) is 0 Å². The van der Waals surface area contributed by atoms with Gasteiger partial charge in [-0.25, -0.2) is 15.0 Å². The Morgan fingerprint density at radius 3 is 2.80 bits per heavy atom. The SMILES string of the molecule is CCNc1cc(Sc2nc(C)cs2)nc(COCC)n1. The lowest BCUT2D eigenvalue weighted by atomic mass is 10.5. The maximum atomic E-state index is 5.39. The van der Waals surface area contributed by atoms with Gasteiger partial charge in [-0.3, -0.25) is 0 Å². The number of thiazole rings is 1. The van der Waals surface area contributed by atoms with Crippen molar-refractivity contribution < 1.29 is 4.74 Å². The van der Waals surface area contributed by atoms with Crippen molar-refractivity contribution in [2.24, 2.45) is 0 Å². The Morgan fingerprint density at radius 2 is 2.15 bits per heavy atom. The molecule has 20 heavy (non-hydrogen) atoms. The lowest BCUT2D eigenvalue weighted by Gasteiger charge is -2.07. The molecule has 0 saturated carbocycles. The maximum Gasteiger partial charge on any atom is 0.157 e. The van der Waals surface area contributed by atoms with E-state index in [9.17, 15) is 0 Å². The summed E-state index contributed by atoms with van der Waals surface area (Å²) >= 11 is 3.18. The zero-order valence-electron chi connectivity index (χ0n) is 11.8. The molecule has 0 spiro atoms. The molecule has 0 fully saturated rings. The highest BCUT2D eigenvalue weighted by molar-refractivity contribution is 8.01. The minimum absolute atomic E-state index is 0.431. The van der Waals surface area contributed by atoms with E-state index in [-0.39, 0.29) is 0 Å². The van der Waals surface area contributed by atoms with Crippen molar-refractivity contribution in [1.82, 2.24) is 15.0 Å². The summed E-state index contributed by atoms with van der Waals surface area (Å²) < 4.78 is 6.38. The number of hydrogen-bond acceptors (Lipinski definition) is 7. The lowest BCUT2D eigenvalue weighted by Crippen LogP contribution is -2.05. The summed E-state index contributed by atoms with van der Waals surface area (Å²) in [5.41, 5.74) is 1.04. The van der Waals surface area contributed by atoms with Crippen molar-refractivity contribution >= 4 is 28.9 Å². The van der Waals surface area contributed by atoms with Crippen molar-refractivity contribution in [1.29, 1.82) is 0 Å². The molecule has 0 aliphatic rings. The molecule has 0 radical (unpaired) electrons. The molecule has 2 aromatic rings. The fourth-order valence-corrected chi connectivity index (χ4v) is 3.33. The quantitative estimate of drug-likeness (QED) is 0.791. The van der Waals surface area contributed by atoms with Crippen LogP contribution in [0.4, 0.5) is 5.82 Å². The summed E-state index contributed by atoms with van der Waals surface area (Å²) in [6, 6.07) is 1.94. The average molecular weight is 310 g/mol. The minimum Gasteiger partial charge on any atom is -0.374 e. The highest BCUT2D eigenvalue weighted by Crippen LogP contribution is 2.30. The second-order valence-electron chi connectivity index (χ2n) is 4.03. The van der Waals surface area contributed by atoms with Gasteiger partial charge < -0.3 is 10.1 Å². The molecule has 0 aliphatic heterocycles. The van der Waals surface area contributed by atoms with Crippen molar-refractivity contribution in [2.45, 2.75) is 36.7 Å². The van der Waals surface area contributed by atoms with Crippen LogP contribution >= 0.6 is 23.1 Å². The third-order valence-electron chi connectivity index (χ3n) is 2.33. The summed E-state index contributed by atoms with van der Waals surface area (Å²) in [5.74, 6) is 1.52. The molecule has 0 saturated heterocycles. The molecule has 0 unspecified atom stereocenters. The topological polar surface area (TPSA) is 59.9 Å². The first-order chi connectivity index (χ1) is 9.71. The number of hydrogen-bond donors (Lipinski definition) is 1. The van der Waals surface area contributed by atoms with Gasteiger partial charge in [0.25, 0.3) is 0 Å². The van der Waals surface area contributed by atoms with Crippen LogP contribution in [0.1, 0.15) is 25.4 Å². The van der Waals surface area contributed by atoms with Crippen molar-refractivity contribution in [3.8, 4) is 0 Å². The first-order valence-electron chi connectivity index (χ1n) is 6.50. The van der Waals surface area contributed by atoms with E-state index in [2.05, 4.69) is 20.3 Å². The van der Waals surface area contributed by atoms with E-state index in [1.54, 1.807) is 23.1 Å². The maximum absolute atomic E-state index is 5.39. The average Bonchev–Trinajstić information content (AvgIpc) is 2.82. The first-order valence-corrected chi connectivity index (χ1v) is 8.20. The van der Waals surface area contributed by atoms with Gasteiger partial charge in [0, 0.05) is 30.3 Å². The largest absolute Gasteiger partial charge is 0.374 e. The summed E-state index contributed by atoms with van der Waals surface area (Å²) in [6.45, 7) is 7.91. The Hall–Kier alpha value is -1.18. The zero-order chi connectivity index (χ0) is 14.4. The number of rotatable bonds is 7. The van der Waals surface area contributed by atoms with E-state index < -0.39 is 0 Å². The predicted molar refractivity (Wildman–Crippen MR) is 82.5 cm³/mol. The molecule has 0 amide bonds. The smallest absolute Gasteiger partial charge is 0.157 e. The number of nitrogens with zero attached hydrogens (tertiary/aromatic N) is 3. The predicted octanol–water partition coefficient (Wildman–Crippen LogP) is 3.36. The molecule has 5 nitrogen and oxygen atoms in total. The van der Waals surface area contributed by atoms with E-state index in [0.29, 0.717) is 19.0 Å². The Bertz CT molecular complexity index is 559. The van der Waals surface area contributed by atoms with Crippen molar-refractivity contribution in [3.63, 3.8) is 0 Å². The molecule has 108 valence electrons. The van der Waals surface area contributed by atoms with Crippen LogP contribution in [0.15, 0.2) is 20.8 Å². The van der Waals surface area contributed by atoms with E-state index in [0.717, 1.165) is 27.4 Å². The molecule has 7 heteroatoms. The van der Waals surface area contributed by atoms with Crippen LogP contribution in [-0.2, 0) is 11.3 Å².